The zero-order chi connectivity index (χ0) is 18.8. The molecule has 0 spiro atoms. The van der Waals surface area contributed by atoms with Gasteiger partial charge in [0.1, 0.15) is 11.3 Å². The van der Waals surface area contributed by atoms with Crippen molar-refractivity contribution < 1.29 is 18.0 Å². The van der Waals surface area contributed by atoms with E-state index in [1.165, 1.54) is 28.4 Å². The van der Waals surface area contributed by atoms with E-state index in [4.69, 9.17) is 0 Å². The van der Waals surface area contributed by atoms with E-state index in [2.05, 4.69) is 4.98 Å². The highest BCUT2D eigenvalue weighted by molar-refractivity contribution is 7.22. The Morgan fingerprint density at radius 1 is 1.04 bits per heavy atom. The number of fused-ring (bicyclic) bond motifs is 1. The van der Waals surface area contributed by atoms with Crippen molar-refractivity contribution in [3.63, 3.8) is 0 Å². The lowest BCUT2D eigenvalue weighted by molar-refractivity contribution is 0.0984. The monoisotopic (exact) mass is 379 g/mol. The third-order valence-corrected chi connectivity index (χ3v) is 4.82. The Kier molecular flexibility index (Phi) is 5.24. The number of benzene rings is 2. The van der Waals surface area contributed by atoms with E-state index < -0.39 is 23.4 Å². The van der Waals surface area contributed by atoms with Gasteiger partial charge in [0.25, 0.3) is 5.91 Å². The second-order valence-electron chi connectivity index (χ2n) is 5.97. The Labute approximate surface area is 152 Å². The van der Waals surface area contributed by atoms with Gasteiger partial charge in [-0.1, -0.05) is 17.4 Å². The summed E-state index contributed by atoms with van der Waals surface area (Å²) in [6.45, 7) is 0.792. The second-order valence-corrected chi connectivity index (χ2v) is 6.98. The molecular formula is C18H16F3N3OS. The molecule has 0 unspecified atom stereocenters. The zero-order valence-electron chi connectivity index (χ0n) is 14.2. The third kappa shape index (κ3) is 3.71. The highest BCUT2D eigenvalue weighted by Gasteiger charge is 2.23. The van der Waals surface area contributed by atoms with Crippen LogP contribution in [0.5, 0.6) is 0 Å². The minimum Gasteiger partial charge on any atom is -0.308 e. The number of likely N-dealkylation sites (N-methyl/N-ethyl adjacent to an activating group) is 1. The summed E-state index contributed by atoms with van der Waals surface area (Å²) in [5.74, 6) is -3.12. The van der Waals surface area contributed by atoms with Gasteiger partial charge in [0, 0.05) is 18.7 Å². The van der Waals surface area contributed by atoms with Gasteiger partial charge in [-0.2, -0.15) is 0 Å². The number of carbonyl (C=O) groups excluding carboxylic acids is 1. The van der Waals surface area contributed by atoms with Crippen molar-refractivity contribution in [2.45, 2.75) is 0 Å². The number of rotatable bonds is 5. The molecular weight excluding hydrogens is 363 g/mol. The molecule has 1 aromatic heterocycles. The molecule has 4 nitrogen and oxygen atoms in total. The predicted molar refractivity (Wildman–Crippen MR) is 96.2 cm³/mol. The molecule has 0 aliphatic rings. The normalized spacial score (nSPS) is 11.3. The number of hydrogen-bond acceptors (Lipinski definition) is 4. The maximum Gasteiger partial charge on any atom is 0.260 e. The van der Waals surface area contributed by atoms with Crippen LogP contribution in [0.1, 0.15) is 10.4 Å². The van der Waals surface area contributed by atoms with Crippen molar-refractivity contribution in [1.82, 2.24) is 9.88 Å². The van der Waals surface area contributed by atoms with Crippen LogP contribution in [0.15, 0.2) is 36.4 Å². The maximum atomic E-state index is 13.9. The van der Waals surface area contributed by atoms with Crippen molar-refractivity contribution in [3.8, 4) is 0 Å². The fraction of sp³-hybridized carbons (Fsp3) is 0.222. The molecule has 3 aromatic rings. The van der Waals surface area contributed by atoms with Gasteiger partial charge in [-0.15, -0.1) is 0 Å². The molecule has 0 N–H and O–H groups in total. The number of aromatic nitrogens is 1. The van der Waals surface area contributed by atoms with Crippen LogP contribution in [0.25, 0.3) is 10.2 Å². The molecule has 0 aliphatic heterocycles. The lowest BCUT2D eigenvalue weighted by Crippen LogP contribution is -2.36. The van der Waals surface area contributed by atoms with Crippen LogP contribution in [-0.4, -0.2) is 43.0 Å². The van der Waals surface area contributed by atoms with Gasteiger partial charge in [-0.05, 0) is 44.4 Å². The Hall–Kier alpha value is -2.45. The van der Waals surface area contributed by atoms with E-state index in [0.29, 0.717) is 16.4 Å². The first-order valence-electron chi connectivity index (χ1n) is 7.83. The highest BCUT2D eigenvalue weighted by Crippen LogP contribution is 2.31. The number of para-hydroxylation sites is 1. The average Bonchev–Trinajstić information content (AvgIpc) is 3.02. The number of anilines is 1. The van der Waals surface area contributed by atoms with Crippen molar-refractivity contribution >= 4 is 32.6 Å². The number of nitrogens with zero attached hydrogens (tertiary/aromatic N) is 3. The first-order chi connectivity index (χ1) is 12.4. The van der Waals surface area contributed by atoms with E-state index in [1.54, 1.807) is 12.1 Å². The van der Waals surface area contributed by atoms with Gasteiger partial charge in [0.15, 0.2) is 16.8 Å². The highest BCUT2D eigenvalue weighted by atomic mass is 32.1. The van der Waals surface area contributed by atoms with Crippen LogP contribution >= 0.6 is 11.3 Å². The summed E-state index contributed by atoms with van der Waals surface area (Å²) in [5.41, 5.74) is 0.183. The second kappa shape index (κ2) is 7.43. The molecule has 0 radical (unpaired) electrons. The average molecular weight is 379 g/mol. The van der Waals surface area contributed by atoms with Crippen molar-refractivity contribution in [3.05, 3.63) is 59.4 Å². The van der Waals surface area contributed by atoms with E-state index >= 15 is 0 Å². The van der Waals surface area contributed by atoms with Crippen LogP contribution in [0.3, 0.4) is 0 Å². The lowest BCUT2D eigenvalue weighted by Gasteiger charge is -2.22. The fourth-order valence-corrected chi connectivity index (χ4v) is 3.39. The molecule has 0 atom stereocenters. The summed E-state index contributed by atoms with van der Waals surface area (Å²) in [4.78, 5) is 20.3. The smallest absolute Gasteiger partial charge is 0.260 e. The lowest BCUT2D eigenvalue weighted by atomic mass is 10.2. The third-order valence-electron chi connectivity index (χ3n) is 3.77. The van der Waals surface area contributed by atoms with Gasteiger partial charge >= 0.3 is 0 Å². The predicted octanol–water partition coefficient (Wildman–Crippen LogP) is 3.92. The summed E-state index contributed by atoms with van der Waals surface area (Å²) < 4.78 is 41.2. The van der Waals surface area contributed by atoms with E-state index in [-0.39, 0.29) is 17.6 Å². The molecule has 0 fully saturated rings. The van der Waals surface area contributed by atoms with Crippen molar-refractivity contribution in [2.75, 3.05) is 32.1 Å². The van der Waals surface area contributed by atoms with E-state index in [0.717, 1.165) is 12.1 Å². The maximum absolute atomic E-state index is 13.9. The molecule has 8 heteroatoms. The molecule has 3 rings (SSSR count). The van der Waals surface area contributed by atoms with E-state index in [1.807, 2.05) is 19.0 Å². The van der Waals surface area contributed by atoms with Gasteiger partial charge in [-0.3, -0.25) is 9.69 Å². The summed E-state index contributed by atoms with van der Waals surface area (Å²) in [6.07, 6.45) is 0. The van der Waals surface area contributed by atoms with Gasteiger partial charge in [0.05, 0.1) is 4.70 Å². The van der Waals surface area contributed by atoms with Crippen LogP contribution in [0.2, 0.25) is 0 Å². The fourth-order valence-electron chi connectivity index (χ4n) is 2.39. The molecule has 26 heavy (non-hydrogen) atoms. The van der Waals surface area contributed by atoms with Crippen LogP contribution in [-0.2, 0) is 0 Å². The standard InChI is InChI=1S/C18H16F3N3OS/c1-23(2)8-9-24(17(25)11-6-7-12(19)14(21)10-11)18-22-16-13(20)4-3-5-15(16)26-18/h3-7,10H,8-9H2,1-2H3. The number of halogens is 3. The Bertz CT molecular complexity index is 958. The van der Waals surface area contributed by atoms with E-state index in [9.17, 15) is 18.0 Å². The number of amides is 1. The van der Waals surface area contributed by atoms with Gasteiger partial charge in [-0.25, -0.2) is 18.2 Å². The molecule has 0 saturated carbocycles. The topological polar surface area (TPSA) is 36.4 Å². The number of carbonyl (C=O) groups is 1. The Morgan fingerprint density at radius 2 is 1.81 bits per heavy atom. The molecule has 0 aliphatic carbocycles. The van der Waals surface area contributed by atoms with Crippen LogP contribution < -0.4 is 4.90 Å². The zero-order valence-corrected chi connectivity index (χ0v) is 15.0. The quantitative estimate of drug-likeness (QED) is 0.674. The Morgan fingerprint density at radius 3 is 2.46 bits per heavy atom. The van der Waals surface area contributed by atoms with Gasteiger partial charge < -0.3 is 4.90 Å². The van der Waals surface area contributed by atoms with Crippen molar-refractivity contribution in [1.29, 1.82) is 0 Å². The first-order valence-corrected chi connectivity index (χ1v) is 8.65. The van der Waals surface area contributed by atoms with Crippen molar-refractivity contribution in [2.24, 2.45) is 0 Å². The molecule has 2 aromatic carbocycles. The van der Waals surface area contributed by atoms with Crippen LogP contribution in [0, 0.1) is 17.5 Å². The summed E-state index contributed by atoms with van der Waals surface area (Å²) in [7, 11) is 3.69. The SMILES string of the molecule is CN(C)CCN(C(=O)c1ccc(F)c(F)c1)c1nc2c(F)cccc2s1. The minimum absolute atomic E-state index is 0.00221. The van der Waals surface area contributed by atoms with Gasteiger partial charge in [0.2, 0.25) is 0 Å². The molecule has 1 amide bonds. The summed E-state index contributed by atoms with van der Waals surface area (Å²) in [5, 5.41) is 0.307. The minimum atomic E-state index is -1.10. The first kappa shape index (κ1) is 18.3. The molecule has 0 saturated heterocycles. The van der Waals surface area contributed by atoms with Crippen LogP contribution in [0.4, 0.5) is 18.3 Å². The number of hydrogen-bond donors (Lipinski definition) is 0. The largest absolute Gasteiger partial charge is 0.308 e. The summed E-state index contributed by atoms with van der Waals surface area (Å²) >= 11 is 1.17. The molecule has 0 bridgehead atoms. The number of thiazole rings is 1. The molecule has 1 heterocycles. The molecule has 136 valence electrons. The Balaban J connectivity index is 2.01. The summed E-state index contributed by atoms with van der Waals surface area (Å²) in [6, 6.07) is 7.57.